The number of hydrogen-bond donors (Lipinski definition) is 0. The molecule has 0 aliphatic carbocycles. The van der Waals surface area contributed by atoms with Crippen molar-refractivity contribution in [3.8, 4) is 51.7 Å². The smallest absolute Gasteiger partial charge is 0.316 e. The third kappa shape index (κ3) is 18.7. The first kappa shape index (κ1) is 59.0. The molecule has 0 spiro atoms. The van der Waals surface area contributed by atoms with Gasteiger partial charge >= 0.3 is 5.97 Å². The monoisotopic (exact) mass is 985 g/mol. The van der Waals surface area contributed by atoms with Gasteiger partial charge in [0.1, 0.15) is 117 Å². The minimum absolute atomic E-state index is 0.0167. The van der Waals surface area contributed by atoms with Gasteiger partial charge in [0.15, 0.2) is 0 Å². The Morgan fingerprint density at radius 1 is 0.319 bits per heavy atom. The fourth-order valence-corrected chi connectivity index (χ4v) is 10.4. The van der Waals surface area contributed by atoms with Gasteiger partial charge in [-0.25, -0.2) is 0 Å². The molecule has 0 unspecified atom stereocenters. The maximum absolute atomic E-state index is 15.2. The number of carbonyl (C=O) groups excluding carboxylic acids is 1. The zero-order valence-corrected chi connectivity index (χ0v) is 48.9. The molecule has 392 valence electrons. The Labute approximate surface area is 419 Å². The van der Waals surface area contributed by atoms with Gasteiger partial charge in [-0.1, -0.05) is 6.92 Å². The summed E-state index contributed by atoms with van der Waals surface area (Å²) >= 11 is 0. The number of carbonyl (C=O) groups is 1. The average molecular weight is 985 g/mol. The Morgan fingerprint density at radius 2 is 0.478 bits per heavy atom. The lowest BCUT2D eigenvalue weighted by Gasteiger charge is -2.46. The Morgan fingerprint density at radius 3 is 0.609 bits per heavy atom. The Bertz CT molecular complexity index is 1900. The van der Waals surface area contributed by atoms with Crippen LogP contribution in [0, 0.1) is 0 Å². The molecule has 0 heterocycles. The molecule has 0 atom stereocenters. The van der Waals surface area contributed by atoms with Crippen molar-refractivity contribution >= 4 is 16.3 Å². The molecule has 0 aromatic heterocycles. The van der Waals surface area contributed by atoms with Crippen LogP contribution in [0.2, 0.25) is 0 Å². The first-order valence-electron chi connectivity index (χ1n) is 24.4. The van der Waals surface area contributed by atoms with E-state index < -0.39 is 66.7 Å². The lowest BCUT2D eigenvalue weighted by atomic mass is 10.1. The zero-order chi connectivity index (χ0) is 53.5. The predicted molar refractivity (Wildman–Crippen MR) is 282 cm³/mol. The van der Waals surface area contributed by atoms with Crippen LogP contribution >= 0.6 is 10.3 Å². The van der Waals surface area contributed by atoms with E-state index in [0.717, 1.165) is 0 Å². The molecule has 0 saturated carbocycles. The van der Waals surface area contributed by atoms with E-state index in [0.29, 0.717) is 66.4 Å². The summed E-state index contributed by atoms with van der Waals surface area (Å²) in [6, 6.07) is 11.1. The predicted octanol–water partition coefficient (Wildman–Crippen LogP) is 16.4. The fourth-order valence-electron chi connectivity index (χ4n) is 6.81. The first-order valence-corrected chi connectivity index (χ1v) is 25.9. The van der Waals surface area contributed by atoms with E-state index in [2.05, 4.69) is 0 Å². The van der Waals surface area contributed by atoms with E-state index in [1.807, 2.05) is 223 Å². The molecule has 11 nitrogen and oxygen atoms in total. The van der Waals surface area contributed by atoms with E-state index >= 15 is 4.79 Å². The van der Waals surface area contributed by atoms with Crippen LogP contribution in [0.3, 0.4) is 0 Å². The maximum Gasteiger partial charge on any atom is 0.316 e. The topological polar surface area (TPSA) is 109 Å². The summed E-state index contributed by atoms with van der Waals surface area (Å²) in [6.45, 7) is 55.0. The minimum atomic E-state index is -3.81. The number of hydrogen-bond acceptors (Lipinski definition) is 11. The van der Waals surface area contributed by atoms with Crippen LogP contribution < -0.4 is 42.6 Å². The molecule has 0 bridgehead atoms. The number of benzene rings is 3. The average Bonchev–Trinajstić information content (AvgIpc) is 3.00. The molecule has 3 aromatic carbocycles. The van der Waals surface area contributed by atoms with Gasteiger partial charge < -0.3 is 46.8 Å². The Kier molecular flexibility index (Phi) is 17.1. The molecule has 69 heavy (non-hydrogen) atoms. The molecule has 0 N–H and O–H groups in total. The summed E-state index contributed by atoms with van der Waals surface area (Å²) < 4.78 is 70.8. The molecule has 0 saturated heterocycles. The second-order valence-electron chi connectivity index (χ2n) is 26.5. The van der Waals surface area contributed by atoms with Crippen LogP contribution in [0.5, 0.6) is 51.7 Å². The Balaban J connectivity index is 3.27. The van der Waals surface area contributed by atoms with Crippen molar-refractivity contribution in [3.05, 3.63) is 36.4 Å². The van der Waals surface area contributed by atoms with Crippen LogP contribution in [0.15, 0.2) is 51.1 Å². The van der Waals surface area contributed by atoms with Crippen molar-refractivity contribution in [3.63, 3.8) is 0 Å². The van der Waals surface area contributed by atoms with Gasteiger partial charge in [0.25, 0.3) is 0 Å². The number of ether oxygens (including phenoxy) is 9. The number of rotatable bonds is 14. The highest BCUT2D eigenvalue weighted by molar-refractivity contribution is 8.30. The Hall–Kier alpha value is -4.32. The second-order valence-corrected chi connectivity index (χ2v) is 29.0. The summed E-state index contributed by atoms with van der Waals surface area (Å²) in [5.41, 5.74) is -6.85. The highest BCUT2D eigenvalue weighted by Gasteiger charge is 2.52. The van der Waals surface area contributed by atoms with E-state index in [-0.39, 0.29) is 6.42 Å². The minimum Gasteiger partial charge on any atom is -0.488 e. The van der Waals surface area contributed by atoms with Crippen molar-refractivity contribution in [1.29, 1.82) is 0 Å². The molecule has 0 fully saturated rings. The summed E-state index contributed by atoms with van der Waals surface area (Å²) in [6.07, 6.45) is -0.0167. The van der Waals surface area contributed by atoms with Crippen molar-refractivity contribution in [2.45, 2.75) is 265 Å². The summed E-state index contributed by atoms with van der Waals surface area (Å²) in [5, 5.41) is 0. The van der Waals surface area contributed by atoms with Crippen molar-refractivity contribution < 1.29 is 51.6 Å². The molecule has 0 aliphatic rings. The van der Waals surface area contributed by atoms with E-state index in [1.165, 1.54) is 0 Å². The van der Waals surface area contributed by atoms with Gasteiger partial charge in [-0.15, -0.1) is 0 Å². The van der Waals surface area contributed by atoms with E-state index in [9.17, 15) is 0 Å². The molecular weight excluding hydrogens is 893 g/mol. The standard InChI is InChI=1S/C57H92O11S/c1-29-45(58)68-69(46-39(62-52(11,12)13)30-36(59-49(2,3)4)31-40(46)63-53(14,15)16,47-41(64-54(17,18)19)32-37(60-50(5,6)7)33-42(47)65-55(20,21)22)48-43(66-56(23,24)25)34-38(61-51(8,9)10)35-44(48)67-57(26,27)28/h30-35H,29H2,1-28H3. The van der Waals surface area contributed by atoms with Crippen LogP contribution in [0.25, 0.3) is 0 Å². The summed E-state index contributed by atoms with van der Waals surface area (Å²) in [7, 11) is -3.81. The quantitative estimate of drug-likeness (QED) is 0.154. The van der Waals surface area contributed by atoms with Crippen molar-refractivity contribution in [2.24, 2.45) is 0 Å². The third-order valence-electron chi connectivity index (χ3n) is 8.12. The zero-order valence-electron chi connectivity index (χ0n) is 48.1. The van der Waals surface area contributed by atoms with Crippen LogP contribution in [-0.2, 0) is 8.98 Å². The normalized spacial score (nSPS) is 13.9. The van der Waals surface area contributed by atoms with Gasteiger partial charge in [0.05, 0.1) is 0 Å². The lowest BCUT2D eigenvalue weighted by Crippen LogP contribution is -2.31. The molecule has 12 heteroatoms. The highest BCUT2D eigenvalue weighted by atomic mass is 32.3. The molecule has 3 rings (SSSR count). The molecule has 0 radical (unpaired) electrons. The second kappa shape index (κ2) is 20.1. The molecule has 0 aliphatic heterocycles. The third-order valence-corrected chi connectivity index (χ3v) is 11.5. The van der Waals surface area contributed by atoms with Gasteiger partial charge in [-0.3, -0.25) is 4.79 Å². The lowest BCUT2D eigenvalue weighted by molar-refractivity contribution is -0.133. The van der Waals surface area contributed by atoms with Gasteiger partial charge in [0.2, 0.25) is 0 Å². The SMILES string of the molecule is CCC(=O)OS(c1c(OC(C)(C)C)cc(OC(C)(C)C)cc1OC(C)(C)C)(c1c(OC(C)(C)C)cc(OC(C)(C)C)cc1OC(C)(C)C)c1c(OC(C)(C)C)cc(OC(C)(C)C)cc1OC(C)(C)C. The van der Waals surface area contributed by atoms with Gasteiger partial charge in [0, 0.05) is 53.1 Å². The fraction of sp³-hybridized carbons (Fsp3) is 0.667. The van der Waals surface area contributed by atoms with Crippen molar-refractivity contribution in [2.75, 3.05) is 0 Å². The maximum atomic E-state index is 15.2. The van der Waals surface area contributed by atoms with Crippen LogP contribution in [0.1, 0.15) is 200 Å². The summed E-state index contributed by atoms with van der Waals surface area (Å²) in [4.78, 5) is 16.3. The molecular formula is C57H92O11S. The van der Waals surface area contributed by atoms with Crippen LogP contribution in [-0.4, -0.2) is 56.4 Å². The van der Waals surface area contributed by atoms with E-state index in [4.69, 9.17) is 46.8 Å². The molecule has 3 aromatic rings. The largest absolute Gasteiger partial charge is 0.488 e. The van der Waals surface area contributed by atoms with Crippen LogP contribution in [0.4, 0.5) is 0 Å². The first-order chi connectivity index (χ1) is 30.6. The van der Waals surface area contributed by atoms with Gasteiger partial charge in [-0.05, 0) is 187 Å². The molecule has 0 amide bonds. The van der Waals surface area contributed by atoms with E-state index in [1.54, 1.807) is 6.92 Å². The van der Waals surface area contributed by atoms with Gasteiger partial charge in [-0.2, -0.15) is 0 Å². The summed E-state index contributed by atoms with van der Waals surface area (Å²) in [5.74, 6) is 2.78. The van der Waals surface area contributed by atoms with Crippen molar-refractivity contribution in [1.82, 2.24) is 0 Å². The highest BCUT2D eigenvalue weighted by Crippen LogP contribution is 2.81.